The van der Waals surface area contributed by atoms with Crippen LogP contribution in [0.1, 0.15) is 20.4 Å². The molecular weight excluding hydrogens is 216 g/mol. The lowest BCUT2D eigenvalue weighted by Gasteiger charge is -1.99. The zero-order chi connectivity index (χ0) is 11.3. The maximum absolute atomic E-state index is 10.7. The van der Waals surface area contributed by atoms with Crippen LogP contribution in [0.5, 0.6) is 0 Å². The zero-order valence-electron chi connectivity index (χ0n) is 8.74. The zero-order valence-corrected chi connectivity index (χ0v) is 9.56. The predicted molar refractivity (Wildman–Crippen MR) is 57.4 cm³/mol. The van der Waals surface area contributed by atoms with Crippen LogP contribution in [0.4, 0.5) is 0 Å². The number of nitrogens with one attached hydrogen (secondary N) is 1. The molecule has 0 spiro atoms. The van der Waals surface area contributed by atoms with Crippen LogP contribution < -0.4 is 5.32 Å². The number of aryl methyl sites for hydroxylation is 1. The minimum atomic E-state index is -0.909. The lowest BCUT2D eigenvalue weighted by molar-refractivity contribution is 0.0701. The first-order valence-electron chi connectivity index (χ1n) is 4.54. The van der Waals surface area contributed by atoms with Crippen molar-refractivity contribution in [2.45, 2.75) is 13.5 Å². The Balaban J connectivity index is 2.48. The van der Waals surface area contributed by atoms with Crippen molar-refractivity contribution in [3.05, 3.63) is 15.6 Å². The minimum Gasteiger partial charge on any atom is -0.477 e. The molecule has 0 amide bonds. The van der Waals surface area contributed by atoms with Gasteiger partial charge in [0.25, 0.3) is 0 Å². The molecular formula is C9H14N2O3S. The van der Waals surface area contributed by atoms with Gasteiger partial charge < -0.3 is 15.2 Å². The van der Waals surface area contributed by atoms with Crippen molar-refractivity contribution < 1.29 is 14.6 Å². The highest BCUT2D eigenvalue weighted by Crippen LogP contribution is 2.17. The van der Waals surface area contributed by atoms with Gasteiger partial charge in [0.05, 0.1) is 12.3 Å². The molecule has 0 bridgehead atoms. The largest absolute Gasteiger partial charge is 0.477 e. The highest BCUT2D eigenvalue weighted by molar-refractivity contribution is 7.13. The number of aromatic nitrogens is 1. The maximum Gasteiger partial charge on any atom is 0.347 e. The molecule has 15 heavy (non-hydrogen) atoms. The van der Waals surface area contributed by atoms with Crippen LogP contribution in [0.3, 0.4) is 0 Å². The molecule has 0 aliphatic rings. The molecule has 0 fully saturated rings. The molecule has 6 heteroatoms. The summed E-state index contributed by atoms with van der Waals surface area (Å²) >= 11 is 1.21. The Morgan fingerprint density at radius 1 is 1.67 bits per heavy atom. The Bertz CT molecular complexity index is 338. The number of thiazole rings is 1. The first-order chi connectivity index (χ1) is 7.15. The van der Waals surface area contributed by atoms with Gasteiger partial charge in [-0.3, -0.25) is 0 Å². The van der Waals surface area contributed by atoms with Gasteiger partial charge in [0.2, 0.25) is 0 Å². The van der Waals surface area contributed by atoms with E-state index in [4.69, 9.17) is 9.84 Å². The van der Waals surface area contributed by atoms with E-state index in [-0.39, 0.29) is 0 Å². The molecule has 1 aromatic rings. The van der Waals surface area contributed by atoms with E-state index in [9.17, 15) is 4.79 Å². The van der Waals surface area contributed by atoms with Gasteiger partial charge >= 0.3 is 5.97 Å². The topological polar surface area (TPSA) is 71.5 Å². The second kappa shape index (κ2) is 5.79. The van der Waals surface area contributed by atoms with Crippen molar-refractivity contribution in [2.24, 2.45) is 0 Å². The molecule has 1 heterocycles. The second-order valence-electron chi connectivity index (χ2n) is 3.00. The SMILES string of the molecule is COCCNCc1nc(C)c(C(=O)O)s1. The molecule has 84 valence electrons. The molecule has 0 saturated carbocycles. The van der Waals surface area contributed by atoms with Crippen LogP contribution in [-0.2, 0) is 11.3 Å². The van der Waals surface area contributed by atoms with E-state index >= 15 is 0 Å². The number of carbonyl (C=O) groups is 1. The Hall–Kier alpha value is -0.980. The first kappa shape index (κ1) is 12.1. The smallest absolute Gasteiger partial charge is 0.347 e. The number of aromatic carboxylic acids is 1. The van der Waals surface area contributed by atoms with Crippen LogP contribution in [-0.4, -0.2) is 36.3 Å². The number of methoxy groups -OCH3 is 1. The molecule has 0 aromatic carbocycles. The highest BCUT2D eigenvalue weighted by Gasteiger charge is 2.13. The molecule has 1 aromatic heterocycles. The van der Waals surface area contributed by atoms with Crippen molar-refractivity contribution in [1.29, 1.82) is 0 Å². The molecule has 2 N–H and O–H groups in total. The van der Waals surface area contributed by atoms with E-state index in [1.165, 1.54) is 11.3 Å². The van der Waals surface area contributed by atoms with Crippen molar-refractivity contribution in [1.82, 2.24) is 10.3 Å². The number of rotatable bonds is 6. The van der Waals surface area contributed by atoms with Gasteiger partial charge in [0, 0.05) is 20.2 Å². The lowest BCUT2D eigenvalue weighted by atomic mass is 10.4. The van der Waals surface area contributed by atoms with Gasteiger partial charge in [-0.15, -0.1) is 11.3 Å². The summed E-state index contributed by atoms with van der Waals surface area (Å²) in [7, 11) is 1.64. The highest BCUT2D eigenvalue weighted by atomic mass is 32.1. The van der Waals surface area contributed by atoms with Crippen molar-refractivity contribution in [2.75, 3.05) is 20.3 Å². The average Bonchev–Trinajstić information content (AvgIpc) is 2.55. The summed E-state index contributed by atoms with van der Waals surface area (Å²) < 4.78 is 4.87. The Morgan fingerprint density at radius 3 is 2.93 bits per heavy atom. The van der Waals surface area contributed by atoms with E-state index in [1.54, 1.807) is 14.0 Å². The van der Waals surface area contributed by atoms with E-state index in [2.05, 4.69) is 10.3 Å². The Kier molecular flexibility index (Phi) is 4.67. The molecule has 0 aliphatic carbocycles. The fraction of sp³-hybridized carbons (Fsp3) is 0.556. The maximum atomic E-state index is 10.7. The molecule has 5 nitrogen and oxygen atoms in total. The van der Waals surface area contributed by atoms with E-state index in [0.29, 0.717) is 23.7 Å². The number of carboxylic acid groups (broad SMARTS) is 1. The average molecular weight is 230 g/mol. The van der Waals surface area contributed by atoms with Crippen LogP contribution in [0.25, 0.3) is 0 Å². The number of nitrogens with zero attached hydrogens (tertiary/aromatic N) is 1. The van der Waals surface area contributed by atoms with Crippen LogP contribution in [0.15, 0.2) is 0 Å². The van der Waals surface area contributed by atoms with Gasteiger partial charge in [-0.2, -0.15) is 0 Å². The van der Waals surface area contributed by atoms with Crippen molar-refractivity contribution >= 4 is 17.3 Å². The standard InChI is InChI=1S/C9H14N2O3S/c1-6-8(9(12)13)15-7(11-6)5-10-3-4-14-2/h10H,3-5H2,1-2H3,(H,12,13). The third-order valence-electron chi connectivity index (χ3n) is 1.79. The number of ether oxygens (including phenoxy) is 1. The van der Waals surface area contributed by atoms with Crippen molar-refractivity contribution in [3.8, 4) is 0 Å². The van der Waals surface area contributed by atoms with Gasteiger partial charge in [-0.1, -0.05) is 0 Å². The molecule has 0 radical (unpaired) electrons. The predicted octanol–water partition coefficient (Wildman–Crippen LogP) is 0.886. The van der Waals surface area contributed by atoms with E-state index in [0.717, 1.165) is 11.6 Å². The number of hydrogen-bond acceptors (Lipinski definition) is 5. The summed E-state index contributed by atoms with van der Waals surface area (Å²) in [5.74, 6) is -0.909. The Labute approximate surface area is 92.1 Å². The third-order valence-corrected chi connectivity index (χ3v) is 2.94. The Morgan fingerprint density at radius 2 is 2.40 bits per heavy atom. The van der Waals surface area contributed by atoms with Crippen LogP contribution in [0.2, 0.25) is 0 Å². The number of carboxylic acids is 1. The monoisotopic (exact) mass is 230 g/mol. The lowest BCUT2D eigenvalue weighted by Crippen LogP contribution is -2.18. The summed E-state index contributed by atoms with van der Waals surface area (Å²) in [6, 6.07) is 0. The molecule has 0 saturated heterocycles. The molecule has 0 atom stereocenters. The fourth-order valence-electron chi connectivity index (χ4n) is 1.10. The summed E-state index contributed by atoms with van der Waals surface area (Å²) in [6.07, 6.45) is 0. The summed E-state index contributed by atoms with van der Waals surface area (Å²) in [4.78, 5) is 15.2. The summed E-state index contributed by atoms with van der Waals surface area (Å²) in [6.45, 7) is 3.66. The van der Waals surface area contributed by atoms with Gasteiger partial charge in [-0.25, -0.2) is 9.78 Å². The second-order valence-corrected chi connectivity index (χ2v) is 4.08. The van der Waals surface area contributed by atoms with Crippen molar-refractivity contribution in [3.63, 3.8) is 0 Å². The molecule has 0 unspecified atom stereocenters. The van der Waals surface area contributed by atoms with E-state index < -0.39 is 5.97 Å². The minimum absolute atomic E-state index is 0.318. The molecule has 1 rings (SSSR count). The quantitative estimate of drug-likeness (QED) is 0.710. The van der Waals surface area contributed by atoms with E-state index in [1.807, 2.05) is 0 Å². The number of hydrogen-bond donors (Lipinski definition) is 2. The summed E-state index contributed by atoms with van der Waals surface area (Å²) in [5, 5.41) is 12.7. The normalized spacial score (nSPS) is 10.5. The van der Waals surface area contributed by atoms with Gasteiger partial charge in [0.15, 0.2) is 0 Å². The molecule has 0 aliphatic heterocycles. The van der Waals surface area contributed by atoms with Gasteiger partial charge in [-0.05, 0) is 6.92 Å². The van der Waals surface area contributed by atoms with Gasteiger partial charge in [0.1, 0.15) is 9.88 Å². The summed E-state index contributed by atoms with van der Waals surface area (Å²) in [5.41, 5.74) is 0.580. The fourth-order valence-corrected chi connectivity index (χ4v) is 1.97. The third kappa shape index (κ3) is 3.58. The first-order valence-corrected chi connectivity index (χ1v) is 5.36. The van der Waals surface area contributed by atoms with Crippen LogP contribution in [0, 0.1) is 6.92 Å². The van der Waals surface area contributed by atoms with Crippen LogP contribution >= 0.6 is 11.3 Å².